The smallest absolute Gasteiger partial charge is 0.161 e. The number of thioether (sulfide) groups is 1. The Kier molecular flexibility index (Phi) is 6.38. The molecule has 0 aliphatic carbocycles. The van der Waals surface area contributed by atoms with Gasteiger partial charge in [-0.15, -0.1) is 0 Å². The molecule has 0 spiro atoms. The van der Waals surface area contributed by atoms with Crippen molar-refractivity contribution in [2.45, 2.75) is 19.9 Å². The fourth-order valence-electron chi connectivity index (χ4n) is 1.45. The van der Waals surface area contributed by atoms with Crippen LogP contribution in [0, 0.1) is 5.82 Å². The second-order valence-corrected chi connectivity index (χ2v) is 6.41. The molecule has 0 saturated heterocycles. The lowest BCUT2D eigenvalue weighted by Crippen LogP contribution is -2.19. The predicted molar refractivity (Wildman–Crippen MR) is 86.1 cm³/mol. The normalized spacial score (nSPS) is 12.2. The summed E-state index contributed by atoms with van der Waals surface area (Å²) in [7, 11) is 0. The molecule has 0 radical (unpaired) electrons. The number of thiocarbonyl (C=S) groups is 1. The zero-order valence-electron chi connectivity index (χ0n) is 10.3. The van der Waals surface area contributed by atoms with Crippen molar-refractivity contribution >= 4 is 50.6 Å². The van der Waals surface area contributed by atoms with Crippen LogP contribution in [0.5, 0.6) is 0 Å². The highest BCUT2D eigenvalue weighted by Crippen LogP contribution is 2.27. The summed E-state index contributed by atoms with van der Waals surface area (Å²) in [5.74, 6) is 1.64. The SMILES string of the molecule is CCSCC(C)Nc1ccc(C(N)=S)c(Br)c1F. The Morgan fingerprint density at radius 3 is 2.83 bits per heavy atom. The van der Waals surface area contributed by atoms with E-state index in [1.165, 1.54) is 0 Å². The van der Waals surface area contributed by atoms with E-state index in [0.29, 0.717) is 15.7 Å². The molecule has 0 aliphatic rings. The Morgan fingerprint density at radius 2 is 2.28 bits per heavy atom. The molecule has 1 aromatic carbocycles. The van der Waals surface area contributed by atoms with Crippen molar-refractivity contribution in [3.05, 3.63) is 28.0 Å². The number of anilines is 1. The lowest BCUT2D eigenvalue weighted by molar-refractivity contribution is 0.621. The largest absolute Gasteiger partial charge is 0.389 e. The first-order chi connectivity index (χ1) is 8.47. The molecule has 0 saturated carbocycles. The average Bonchev–Trinajstić information content (AvgIpc) is 2.32. The van der Waals surface area contributed by atoms with E-state index >= 15 is 0 Å². The van der Waals surface area contributed by atoms with E-state index in [1.807, 2.05) is 18.7 Å². The molecule has 0 amide bonds. The molecule has 3 N–H and O–H groups in total. The monoisotopic (exact) mass is 350 g/mol. The number of nitrogens with one attached hydrogen (secondary N) is 1. The minimum absolute atomic E-state index is 0.182. The van der Waals surface area contributed by atoms with Gasteiger partial charge >= 0.3 is 0 Å². The van der Waals surface area contributed by atoms with Gasteiger partial charge in [0, 0.05) is 17.4 Å². The zero-order chi connectivity index (χ0) is 13.7. The summed E-state index contributed by atoms with van der Waals surface area (Å²) in [6.45, 7) is 4.13. The highest BCUT2D eigenvalue weighted by atomic mass is 79.9. The van der Waals surface area contributed by atoms with Crippen LogP contribution in [-0.2, 0) is 0 Å². The molecule has 0 fully saturated rings. The van der Waals surface area contributed by atoms with Crippen LogP contribution in [0.25, 0.3) is 0 Å². The molecule has 0 bridgehead atoms. The Balaban J connectivity index is 2.85. The van der Waals surface area contributed by atoms with E-state index < -0.39 is 0 Å². The van der Waals surface area contributed by atoms with Crippen LogP contribution < -0.4 is 11.1 Å². The third kappa shape index (κ3) is 4.10. The van der Waals surface area contributed by atoms with Crippen molar-refractivity contribution in [3.63, 3.8) is 0 Å². The quantitative estimate of drug-likeness (QED) is 0.765. The highest BCUT2D eigenvalue weighted by Gasteiger charge is 2.14. The molecular weight excluding hydrogens is 335 g/mol. The van der Waals surface area contributed by atoms with Gasteiger partial charge in [0.25, 0.3) is 0 Å². The topological polar surface area (TPSA) is 38.0 Å². The Hall–Kier alpha value is -0.330. The van der Waals surface area contributed by atoms with E-state index in [0.717, 1.165) is 11.5 Å². The van der Waals surface area contributed by atoms with E-state index in [-0.39, 0.29) is 16.8 Å². The van der Waals surface area contributed by atoms with Gasteiger partial charge in [0.15, 0.2) is 5.82 Å². The predicted octanol–water partition coefficient (Wildman–Crippen LogP) is 3.78. The van der Waals surface area contributed by atoms with E-state index in [4.69, 9.17) is 18.0 Å². The molecule has 18 heavy (non-hydrogen) atoms. The van der Waals surface area contributed by atoms with Gasteiger partial charge in [-0.2, -0.15) is 11.8 Å². The van der Waals surface area contributed by atoms with Crippen LogP contribution >= 0.6 is 39.9 Å². The molecule has 1 atom stereocenters. The first-order valence-electron chi connectivity index (χ1n) is 5.59. The van der Waals surface area contributed by atoms with Gasteiger partial charge in [-0.25, -0.2) is 4.39 Å². The minimum atomic E-state index is -0.353. The maximum absolute atomic E-state index is 14.1. The lowest BCUT2D eigenvalue weighted by atomic mass is 10.2. The molecule has 0 heterocycles. The summed E-state index contributed by atoms with van der Waals surface area (Å²) < 4.78 is 14.4. The molecule has 0 aliphatic heterocycles. The second kappa shape index (κ2) is 7.31. The summed E-state index contributed by atoms with van der Waals surface area (Å²) >= 11 is 9.86. The van der Waals surface area contributed by atoms with Crippen LogP contribution in [0.1, 0.15) is 19.4 Å². The van der Waals surface area contributed by atoms with Crippen LogP contribution in [0.15, 0.2) is 16.6 Å². The molecule has 1 aromatic rings. The van der Waals surface area contributed by atoms with Crippen molar-refractivity contribution in [2.24, 2.45) is 5.73 Å². The van der Waals surface area contributed by atoms with E-state index in [1.54, 1.807) is 12.1 Å². The first kappa shape index (κ1) is 15.7. The van der Waals surface area contributed by atoms with Crippen LogP contribution in [-0.4, -0.2) is 22.5 Å². The lowest BCUT2D eigenvalue weighted by Gasteiger charge is -2.16. The van der Waals surface area contributed by atoms with Gasteiger partial charge < -0.3 is 11.1 Å². The van der Waals surface area contributed by atoms with Crippen LogP contribution in [0.2, 0.25) is 0 Å². The van der Waals surface area contributed by atoms with Crippen LogP contribution in [0.4, 0.5) is 10.1 Å². The fraction of sp³-hybridized carbons (Fsp3) is 0.417. The van der Waals surface area contributed by atoms with Crippen molar-refractivity contribution in [1.82, 2.24) is 0 Å². The number of hydrogen-bond donors (Lipinski definition) is 2. The summed E-state index contributed by atoms with van der Waals surface area (Å²) in [5, 5.41) is 3.14. The summed E-state index contributed by atoms with van der Waals surface area (Å²) in [5.41, 5.74) is 6.49. The van der Waals surface area contributed by atoms with Crippen molar-refractivity contribution in [2.75, 3.05) is 16.8 Å². The third-order valence-corrected chi connectivity index (χ3v) is 4.46. The highest BCUT2D eigenvalue weighted by molar-refractivity contribution is 9.10. The maximum atomic E-state index is 14.1. The van der Waals surface area contributed by atoms with E-state index in [9.17, 15) is 4.39 Å². The minimum Gasteiger partial charge on any atom is -0.389 e. The van der Waals surface area contributed by atoms with Gasteiger partial charge in [-0.1, -0.05) is 19.1 Å². The van der Waals surface area contributed by atoms with Gasteiger partial charge in [-0.3, -0.25) is 0 Å². The Labute approximate surface area is 125 Å². The molecule has 0 aromatic heterocycles. The number of hydrogen-bond acceptors (Lipinski definition) is 3. The number of rotatable bonds is 6. The van der Waals surface area contributed by atoms with Crippen molar-refractivity contribution in [3.8, 4) is 0 Å². The maximum Gasteiger partial charge on any atom is 0.161 e. The second-order valence-electron chi connectivity index (χ2n) is 3.86. The number of nitrogens with two attached hydrogens (primary N) is 1. The first-order valence-corrected chi connectivity index (χ1v) is 7.95. The molecule has 2 nitrogen and oxygen atoms in total. The summed E-state index contributed by atoms with van der Waals surface area (Å²) in [6, 6.07) is 3.59. The zero-order valence-corrected chi connectivity index (χ0v) is 13.5. The van der Waals surface area contributed by atoms with Gasteiger partial charge in [0.05, 0.1) is 10.2 Å². The van der Waals surface area contributed by atoms with Crippen molar-refractivity contribution < 1.29 is 4.39 Å². The Bertz CT molecular complexity index is 440. The van der Waals surface area contributed by atoms with Crippen molar-refractivity contribution in [1.29, 1.82) is 0 Å². The van der Waals surface area contributed by atoms with Gasteiger partial charge in [0.2, 0.25) is 0 Å². The number of benzene rings is 1. The molecular formula is C12H16BrFN2S2. The Morgan fingerprint density at radius 1 is 1.61 bits per heavy atom. The van der Waals surface area contributed by atoms with Gasteiger partial charge in [-0.05, 0) is 40.7 Å². The average molecular weight is 351 g/mol. The number of halogens is 2. The summed E-state index contributed by atoms with van der Waals surface area (Å²) in [4.78, 5) is 0.182. The van der Waals surface area contributed by atoms with Crippen LogP contribution in [0.3, 0.4) is 0 Å². The third-order valence-electron chi connectivity index (χ3n) is 2.32. The van der Waals surface area contributed by atoms with Gasteiger partial charge in [0.1, 0.15) is 4.99 Å². The molecule has 100 valence electrons. The standard InChI is InChI=1S/C12H16BrFN2S2/c1-3-18-6-7(2)16-9-5-4-8(12(15)17)10(13)11(9)14/h4-5,7,16H,3,6H2,1-2H3,(H2,15,17). The molecule has 1 rings (SSSR count). The summed E-state index contributed by atoms with van der Waals surface area (Å²) in [6.07, 6.45) is 0. The molecule has 1 unspecified atom stereocenters. The molecule has 6 heteroatoms. The fourth-order valence-corrected chi connectivity index (χ4v) is 2.99. The van der Waals surface area contributed by atoms with E-state index in [2.05, 4.69) is 28.2 Å².